The molecule has 0 unspecified atom stereocenters. The summed E-state index contributed by atoms with van der Waals surface area (Å²) in [6.45, 7) is 0.452. The van der Waals surface area contributed by atoms with Gasteiger partial charge in [-0.1, -0.05) is 6.07 Å². The molecule has 2 amide bonds. The van der Waals surface area contributed by atoms with Crippen LogP contribution < -0.4 is 15.4 Å². The van der Waals surface area contributed by atoms with E-state index < -0.39 is 0 Å². The summed E-state index contributed by atoms with van der Waals surface area (Å²) in [5.41, 5.74) is 1.74. The molecule has 0 fully saturated rings. The minimum Gasteiger partial charge on any atom is -0.493 e. The number of hydrogen-bond donors (Lipinski definition) is 2. The number of ether oxygens (including phenoxy) is 1. The second-order valence-corrected chi connectivity index (χ2v) is 6.66. The number of carbonyl (C=O) groups excluding carboxylic acids is 2. The number of benzene rings is 2. The molecule has 0 spiro atoms. The minimum atomic E-state index is -0.265. The van der Waals surface area contributed by atoms with Crippen molar-refractivity contribution in [3.8, 4) is 11.8 Å². The average Bonchev–Trinajstić information content (AvgIpc) is 2.65. The lowest BCUT2D eigenvalue weighted by molar-refractivity contribution is -0.113. The van der Waals surface area contributed by atoms with Gasteiger partial charge in [0.15, 0.2) is 0 Å². The van der Waals surface area contributed by atoms with Gasteiger partial charge < -0.3 is 15.4 Å². The molecule has 2 aromatic rings. The number of hydrogen-bond acceptors (Lipinski definition) is 5. The number of rotatable bonds is 6. The Hall–Kier alpha value is -2.98. The van der Waals surface area contributed by atoms with Gasteiger partial charge in [-0.15, -0.1) is 11.8 Å². The maximum Gasteiger partial charge on any atom is 0.255 e. The number of nitrogens with one attached hydrogen (secondary N) is 2. The first-order valence-corrected chi connectivity index (χ1v) is 9.12. The first kappa shape index (κ1) is 17.8. The Morgan fingerprint density at radius 1 is 1.31 bits per heavy atom. The maximum absolute atomic E-state index is 12.5. The highest BCUT2D eigenvalue weighted by molar-refractivity contribution is 8.00. The highest BCUT2D eigenvalue weighted by Crippen LogP contribution is 2.32. The van der Waals surface area contributed by atoms with E-state index in [1.165, 1.54) is 11.8 Å². The summed E-state index contributed by atoms with van der Waals surface area (Å²) in [6.07, 6.45) is 1.11. The van der Waals surface area contributed by atoms with E-state index in [2.05, 4.69) is 16.7 Å². The van der Waals surface area contributed by atoms with Crippen LogP contribution in [-0.4, -0.2) is 24.2 Å². The van der Waals surface area contributed by atoms with Gasteiger partial charge in [0.25, 0.3) is 5.91 Å². The second-order valence-electron chi connectivity index (χ2n) is 5.64. The van der Waals surface area contributed by atoms with Crippen LogP contribution in [0.3, 0.4) is 0 Å². The highest BCUT2D eigenvalue weighted by Gasteiger charge is 2.17. The van der Waals surface area contributed by atoms with E-state index in [9.17, 15) is 9.59 Å². The van der Waals surface area contributed by atoms with Gasteiger partial charge in [0, 0.05) is 28.6 Å². The molecule has 1 aliphatic heterocycles. The molecule has 0 radical (unpaired) electrons. The number of unbranched alkanes of at least 4 members (excludes halogenated alkanes) is 1. The zero-order valence-corrected chi connectivity index (χ0v) is 14.8. The topological polar surface area (TPSA) is 91.2 Å². The van der Waals surface area contributed by atoms with E-state index in [1.807, 2.05) is 6.07 Å². The maximum atomic E-state index is 12.5. The molecule has 0 aliphatic carbocycles. The molecular formula is C19H17N3O3S. The second kappa shape index (κ2) is 8.41. The standard InChI is InChI=1S/C19H17N3O3S/c20-8-1-2-9-25-15-5-3-4-14(11-15)21-19(24)13-6-7-17-16(10-13)22-18(23)12-26-17/h3-7,10-11H,1-2,9,12H2,(H,21,24)(H,22,23). The van der Waals surface area contributed by atoms with Gasteiger partial charge in [0.1, 0.15) is 5.75 Å². The van der Waals surface area contributed by atoms with Crippen molar-refractivity contribution in [1.82, 2.24) is 0 Å². The number of thioether (sulfide) groups is 1. The number of nitriles is 1. The lowest BCUT2D eigenvalue weighted by Crippen LogP contribution is -2.19. The fourth-order valence-corrected chi connectivity index (χ4v) is 3.22. The van der Waals surface area contributed by atoms with Gasteiger partial charge in [-0.25, -0.2) is 0 Å². The third-order valence-electron chi connectivity index (χ3n) is 3.67. The molecule has 1 aliphatic rings. The summed E-state index contributed by atoms with van der Waals surface area (Å²) in [4.78, 5) is 24.9. The van der Waals surface area contributed by atoms with Gasteiger partial charge in [-0.05, 0) is 36.8 Å². The zero-order chi connectivity index (χ0) is 18.4. The molecule has 0 atom stereocenters. The van der Waals surface area contributed by atoms with Crippen molar-refractivity contribution in [2.75, 3.05) is 23.0 Å². The number of nitrogens with zero attached hydrogens (tertiary/aromatic N) is 1. The largest absolute Gasteiger partial charge is 0.493 e. The summed E-state index contributed by atoms with van der Waals surface area (Å²) in [5, 5.41) is 14.1. The Kier molecular flexibility index (Phi) is 5.77. The molecule has 6 nitrogen and oxygen atoms in total. The third-order valence-corrected chi connectivity index (χ3v) is 4.74. The first-order chi connectivity index (χ1) is 12.7. The smallest absolute Gasteiger partial charge is 0.255 e. The van der Waals surface area contributed by atoms with Crippen LogP contribution in [0.15, 0.2) is 47.4 Å². The lowest BCUT2D eigenvalue weighted by atomic mass is 10.1. The Morgan fingerprint density at radius 2 is 2.19 bits per heavy atom. The van der Waals surface area contributed by atoms with E-state index in [-0.39, 0.29) is 11.8 Å². The van der Waals surface area contributed by atoms with Crippen molar-refractivity contribution in [3.63, 3.8) is 0 Å². The molecule has 3 rings (SSSR count). The molecule has 0 aromatic heterocycles. The number of fused-ring (bicyclic) bond motifs is 1. The Balaban J connectivity index is 1.65. The number of carbonyl (C=O) groups is 2. The molecule has 0 bridgehead atoms. The fourth-order valence-electron chi connectivity index (χ4n) is 2.43. The predicted molar refractivity (Wildman–Crippen MR) is 101 cm³/mol. The van der Waals surface area contributed by atoms with Crippen LogP contribution in [-0.2, 0) is 4.79 Å². The molecule has 7 heteroatoms. The van der Waals surface area contributed by atoms with Gasteiger partial charge in [-0.3, -0.25) is 9.59 Å². The quantitative estimate of drug-likeness (QED) is 0.760. The van der Waals surface area contributed by atoms with Crippen molar-refractivity contribution in [3.05, 3.63) is 48.0 Å². The van der Waals surface area contributed by atoms with Crippen LogP contribution >= 0.6 is 11.8 Å². The van der Waals surface area contributed by atoms with Crippen LogP contribution in [0.25, 0.3) is 0 Å². The summed E-state index contributed by atoms with van der Waals surface area (Å²) in [7, 11) is 0. The van der Waals surface area contributed by atoms with E-state index in [1.54, 1.807) is 36.4 Å². The van der Waals surface area contributed by atoms with Gasteiger partial charge in [-0.2, -0.15) is 5.26 Å². The van der Waals surface area contributed by atoms with Crippen molar-refractivity contribution in [2.24, 2.45) is 0 Å². The fraction of sp³-hybridized carbons (Fsp3) is 0.211. The van der Waals surface area contributed by atoms with Gasteiger partial charge >= 0.3 is 0 Å². The van der Waals surface area contributed by atoms with E-state index in [0.29, 0.717) is 47.9 Å². The Labute approximate surface area is 155 Å². The third kappa shape index (κ3) is 4.55. The molecule has 0 saturated heterocycles. The van der Waals surface area contributed by atoms with Crippen molar-refractivity contribution < 1.29 is 14.3 Å². The zero-order valence-electron chi connectivity index (χ0n) is 14.0. The van der Waals surface area contributed by atoms with E-state index in [0.717, 1.165) is 4.90 Å². The number of amides is 2. The van der Waals surface area contributed by atoms with Gasteiger partial charge in [0.05, 0.1) is 24.1 Å². The lowest BCUT2D eigenvalue weighted by Gasteiger charge is -2.17. The monoisotopic (exact) mass is 367 g/mol. The molecule has 132 valence electrons. The average molecular weight is 367 g/mol. The van der Waals surface area contributed by atoms with Crippen LogP contribution in [0, 0.1) is 11.3 Å². The first-order valence-electron chi connectivity index (χ1n) is 8.13. The normalized spacial score (nSPS) is 12.5. The van der Waals surface area contributed by atoms with E-state index in [4.69, 9.17) is 10.00 Å². The van der Waals surface area contributed by atoms with Crippen LogP contribution in [0.1, 0.15) is 23.2 Å². The minimum absolute atomic E-state index is 0.0682. The molecule has 1 heterocycles. The summed E-state index contributed by atoms with van der Waals surface area (Å²) >= 11 is 1.45. The van der Waals surface area contributed by atoms with Crippen molar-refractivity contribution in [1.29, 1.82) is 5.26 Å². The van der Waals surface area contributed by atoms with Crippen molar-refractivity contribution >= 4 is 35.0 Å². The predicted octanol–water partition coefficient (Wildman–Crippen LogP) is 3.67. The van der Waals surface area contributed by atoms with Gasteiger partial charge in [0.2, 0.25) is 5.91 Å². The van der Waals surface area contributed by atoms with E-state index >= 15 is 0 Å². The Bertz CT molecular complexity index is 877. The molecule has 0 saturated carbocycles. The molecule has 2 aromatic carbocycles. The summed E-state index contributed by atoms with van der Waals surface area (Å²) in [6, 6.07) is 14.4. The van der Waals surface area contributed by atoms with Crippen LogP contribution in [0.5, 0.6) is 5.75 Å². The Morgan fingerprint density at radius 3 is 3.04 bits per heavy atom. The summed E-state index contributed by atoms with van der Waals surface area (Å²) < 4.78 is 5.57. The SMILES string of the molecule is N#CCCCOc1cccc(NC(=O)c2ccc3c(c2)NC(=O)CS3)c1. The molecule has 2 N–H and O–H groups in total. The summed E-state index contributed by atoms with van der Waals surface area (Å²) in [5.74, 6) is 0.690. The number of anilines is 2. The highest BCUT2D eigenvalue weighted by atomic mass is 32.2. The molecule has 26 heavy (non-hydrogen) atoms. The molecular weight excluding hydrogens is 350 g/mol. The van der Waals surface area contributed by atoms with Crippen LogP contribution in [0.4, 0.5) is 11.4 Å². The van der Waals surface area contributed by atoms with Crippen LogP contribution in [0.2, 0.25) is 0 Å². The van der Waals surface area contributed by atoms with Crippen molar-refractivity contribution in [2.45, 2.75) is 17.7 Å².